The van der Waals surface area contributed by atoms with Gasteiger partial charge in [-0.15, -0.1) is 0 Å². The molecule has 0 fully saturated rings. The number of hydrogen-bond acceptors (Lipinski definition) is 8. The van der Waals surface area contributed by atoms with Gasteiger partial charge in [0.1, 0.15) is 13.2 Å². The van der Waals surface area contributed by atoms with E-state index in [2.05, 4.69) is 25.3 Å². The van der Waals surface area contributed by atoms with Gasteiger partial charge in [0.15, 0.2) is 0 Å². The summed E-state index contributed by atoms with van der Waals surface area (Å²) in [5, 5.41) is 14.2. The van der Waals surface area contributed by atoms with Gasteiger partial charge >= 0.3 is 0 Å². The number of nitriles is 1. The van der Waals surface area contributed by atoms with Gasteiger partial charge in [-0.3, -0.25) is 14.4 Å². The van der Waals surface area contributed by atoms with E-state index in [1.165, 1.54) is 4.90 Å². The van der Waals surface area contributed by atoms with Crippen molar-refractivity contribution in [3.05, 3.63) is 66.4 Å². The summed E-state index contributed by atoms with van der Waals surface area (Å²) in [6.07, 6.45) is 2.29. The van der Waals surface area contributed by atoms with Crippen molar-refractivity contribution in [3.63, 3.8) is 0 Å². The average molecular weight is 444 g/mol. The summed E-state index contributed by atoms with van der Waals surface area (Å²) >= 11 is 0. The molecule has 33 heavy (non-hydrogen) atoms. The van der Waals surface area contributed by atoms with Gasteiger partial charge in [0.05, 0.1) is 18.3 Å². The van der Waals surface area contributed by atoms with Crippen LogP contribution in [-0.4, -0.2) is 48.5 Å². The van der Waals surface area contributed by atoms with Crippen LogP contribution in [0.15, 0.2) is 60.8 Å². The molecule has 0 unspecified atom stereocenters. The Morgan fingerprint density at radius 3 is 2.52 bits per heavy atom. The van der Waals surface area contributed by atoms with Crippen molar-refractivity contribution >= 4 is 36.1 Å². The number of nitrogens with one attached hydrogen (secondary N) is 2. The maximum atomic E-state index is 11.9. The van der Waals surface area contributed by atoms with E-state index in [9.17, 15) is 14.4 Å². The Labute approximate surface area is 189 Å². The minimum Gasteiger partial charge on any atom is -0.466 e. The normalized spacial score (nSPS) is 9.91. The number of anilines is 3. The van der Waals surface area contributed by atoms with Gasteiger partial charge in [-0.2, -0.15) is 5.26 Å². The molecule has 0 saturated heterocycles. The van der Waals surface area contributed by atoms with Crippen LogP contribution in [-0.2, 0) is 14.3 Å². The van der Waals surface area contributed by atoms with E-state index < -0.39 is 0 Å². The SMILES string of the molecule is N#CCNC(=O)c1ccc(-c2ccnc(Nc3ccc(N(C=O)CCOC=O)cc3)n2)cc1. The molecule has 2 aromatic carbocycles. The third-order valence-electron chi connectivity index (χ3n) is 4.53. The topological polar surface area (TPSA) is 137 Å². The summed E-state index contributed by atoms with van der Waals surface area (Å²) in [6.45, 7) is 0.643. The van der Waals surface area contributed by atoms with Crippen molar-refractivity contribution < 1.29 is 19.1 Å². The Bertz CT molecular complexity index is 1140. The highest BCUT2D eigenvalue weighted by atomic mass is 16.5. The number of rotatable bonds is 11. The van der Waals surface area contributed by atoms with Gasteiger partial charge < -0.3 is 20.3 Å². The van der Waals surface area contributed by atoms with Crippen molar-refractivity contribution in [3.8, 4) is 17.3 Å². The Morgan fingerprint density at radius 1 is 1.09 bits per heavy atom. The van der Waals surface area contributed by atoms with E-state index in [0.717, 1.165) is 11.3 Å². The van der Waals surface area contributed by atoms with E-state index in [1.807, 2.05) is 6.07 Å². The maximum absolute atomic E-state index is 11.9. The van der Waals surface area contributed by atoms with Crippen LogP contribution in [0, 0.1) is 11.3 Å². The molecule has 0 aliphatic rings. The van der Waals surface area contributed by atoms with Gasteiger partial charge in [0.25, 0.3) is 12.4 Å². The van der Waals surface area contributed by atoms with Crippen molar-refractivity contribution in [1.82, 2.24) is 15.3 Å². The van der Waals surface area contributed by atoms with Crippen LogP contribution in [0.3, 0.4) is 0 Å². The number of carbonyl (C=O) groups is 3. The van der Waals surface area contributed by atoms with Gasteiger partial charge in [0.2, 0.25) is 12.4 Å². The third-order valence-corrected chi connectivity index (χ3v) is 4.53. The molecule has 166 valence electrons. The zero-order valence-corrected chi connectivity index (χ0v) is 17.5. The summed E-state index contributed by atoms with van der Waals surface area (Å²) in [5.41, 5.74) is 3.28. The van der Waals surface area contributed by atoms with Crippen LogP contribution in [0.4, 0.5) is 17.3 Å². The zero-order valence-electron chi connectivity index (χ0n) is 17.5. The number of aromatic nitrogens is 2. The van der Waals surface area contributed by atoms with Crippen LogP contribution in [0.25, 0.3) is 11.3 Å². The van der Waals surface area contributed by atoms with E-state index in [-0.39, 0.29) is 25.6 Å². The van der Waals surface area contributed by atoms with E-state index in [4.69, 9.17) is 5.26 Å². The van der Waals surface area contributed by atoms with E-state index in [0.29, 0.717) is 35.8 Å². The van der Waals surface area contributed by atoms with Crippen LogP contribution >= 0.6 is 0 Å². The molecule has 0 saturated carbocycles. The molecule has 2 amide bonds. The second kappa shape index (κ2) is 11.6. The summed E-state index contributed by atoms with van der Waals surface area (Å²) in [7, 11) is 0. The lowest BCUT2D eigenvalue weighted by atomic mass is 10.1. The molecule has 1 aromatic heterocycles. The lowest BCUT2D eigenvalue weighted by Crippen LogP contribution is -2.25. The summed E-state index contributed by atoms with van der Waals surface area (Å²) in [6, 6.07) is 17.5. The van der Waals surface area contributed by atoms with Crippen LogP contribution in [0.1, 0.15) is 10.4 Å². The van der Waals surface area contributed by atoms with Gasteiger partial charge in [-0.25, -0.2) is 9.97 Å². The molecule has 0 aliphatic heterocycles. The first-order chi connectivity index (χ1) is 16.1. The molecule has 0 aliphatic carbocycles. The maximum Gasteiger partial charge on any atom is 0.293 e. The monoisotopic (exact) mass is 444 g/mol. The Kier molecular flexibility index (Phi) is 8.03. The predicted octanol–water partition coefficient (Wildman–Crippen LogP) is 2.28. The van der Waals surface area contributed by atoms with Gasteiger partial charge in [0, 0.05) is 28.7 Å². The molecular weight excluding hydrogens is 424 g/mol. The number of hydrogen-bond donors (Lipinski definition) is 2. The standard InChI is InChI=1S/C23H20N6O4/c24-10-12-25-22(32)18-3-1-17(2-4-18)21-9-11-26-23(28-21)27-19-5-7-20(8-6-19)29(15-30)13-14-33-16-31/h1-9,11,15-16H,12-14H2,(H,25,32)(H,26,27,28). The molecule has 0 bridgehead atoms. The number of amides is 2. The smallest absolute Gasteiger partial charge is 0.293 e. The van der Waals surface area contributed by atoms with E-state index >= 15 is 0 Å². The number of nitrogens with zero attached hydrogens (tertiary/aromatic N) is 4. The molecule has 3 aromatic rings. The lowest BCUT2D eigenvalue weighted by molar-refractivity contribution is -0.128. The molecule has 3 rings (SSSR count). The quantitative estimate of drug-likeness (QED) is 0.261. The van der Waals surface area contributed by atoms with Crippen molar-refractivity contribution in [1.29, 1.82) is 5.26 Å². The Morgan fingerprint density at radius 2 is 1.85 bits per heavy atom. The molecule has 1 heterocycles. The first-order valence-electron chi connectivity index (χ1n) is 9.87. The molecule has 2 N–H and O–H groups in total. The summed E-state index contributed by atoms with van der Waals surface area (Å²) in [4.78, 5) is 43.6. The minimum atomic E-state index is -0.319. The summed E-state index contributed by atoms with van der Waals surface area (Å²) < 4.78 is 4.63. The Hall–Kier alpha value is -4.78. The molecule has 10 nitrogen and oxygen atoms in total. The predicted molar refractivity (Wildman–Crippen MR) is 121 cm³/mol. The highest BCUT2D eigenvalue weighted by Gasteiger charge is 2.08. The minimum absolute atomic E-state index is 0.0513. The highest BCUT2D eigenvalue weighted by Crippen LogP contribution is 2.22. The Balaban J connectivity index is 1.67. The fraction of sp³-hybridized carbons (Fsp3) is 0.130. The number of ether oxygens (including phenoxy) is 1. The van der Waals surface area contributed by atoms with Crippen molar-refractivity contribution in [2.45, 2.75) is 0 Å². The van der Waals surface area contributed by atoms with Crippen LogP contribution < -0.4 is 15.5 Å². The largest absolute Gasteiger partial charge is 0.466 e. The van der Waals surface area contributed by atoms with Gasteiger partial charge in [-0.05, 0) is 42.5 Å². The van der Waals surface area contributed by atoms with Crippen molar-refractivity contribution in [2.75, 3.05) is 29.9 Å². The van der Waals surface area contributed by atoms with Gasteiger partial charge in [-0.1, -0.05) is 12.1 Å². The lowest BCUT2D eigenvalue weighted by Gasteiger charge is -2.17. The number of carbonyl (C=O) groups excluding carboxylic acids is 3. The first kappa shape index (κ1) is 22.9. The third kappa shape index (κ3) is 6.35. The van der Waals surface area contributed by atoms with Crippen LogP contribution in [0.2, 0.25) is 0 Å². The summed E-state index contributed by atoms with van der Waals surface area (Å²) in [5.74, 6) is 0.0590. The first-order valence-corrected chi connectivity index (χ1v) is 9.87. The molecule has 0 spiro atoms. The van der Waals surface area contributed by atoms with E-state index in [1.54, 1.807) is 60.8 Å². The molecule has 10 heteroatoms. The fourth-order valence-electron chi connectivity index (χ4n) is 2.90. The second-order valence-corrected chi connectivity index (χ2v) is 6.62. The molecule has 0 radical (unpaired) electrons. The molecular formula is C23H20N6O4. The zero-order chi connectivity index (χ0) is 23.5. The molecule has 0 atom stereocenters. The fourth-order valence-corrected chi connectivity index (χ4v) is 2.90. The van der Waals surface area contributed by atoms with Crippen LogP contribution in [0.5, 0.6) is 0 Å². The number of benzene rings is 2. The average Bonchev–Trinajstić information content (AvgIpc) is 2.86. The highest BCUT2D eigenvalue weighted by molar-refractivity contribution is 5.94. The second-order valence-electron chi connectivity index (χ2n) is 6.62. The van der Waals surface area contributed by atoms with Crippen molar-refractivity contribution in [2.24, 2.45) is 0 Å².